The average Bonchev–Trinajstić information content (AvgIpc) is 0.667. The van der Waals surface area contributed by atoms with Gasteiger partial charge in [-0.1, -0.05) is 144 Å². The van der Waals surface area contributed by atoms with Crippen molar-refractivity contribution in [2.45, 2.75) is 322 Å². The van der Waals surface area contributed by atoms with Crippen molar-refractivity contribution in [3.63, 3.8) is 0 Å². The van der Waals surface area contributed by atoms with Crippen molar-refractivity contribution in [2.24, 2.45) is 57.2 Å². The largest absolute Gasteiger partial charge is 0.456 e. The van der Waals surface area contributed by atoms with Crippen LogP contribution in [0.2, 0.25) is 0 Å². The molecule has 4 saturated heterocycles. The zero-order valence-corrected chi connectivity index (χ0v) is 72.5. The average molecular weight is 1650 g/mol. The Morgan fingerprint density at radius 1 is 0.525 bits per heavy atom. The smallest absolute Gasteiger partial charge is 0.407 e. The summed E-state index contributed by atoms with van der Waals surface area (Å²) in [6.45, 7) is 47.3. The van der Waals surface area contributed by atoms with Crippen LogP contribution in [0.5, 0.6) is 0 Å². The summed E-state index contributed by atoms with van der Waals surface area (Å²) in [5.41, 5.74) is -9.92. The molecule has 28 heteroatoms. The Hall–Kier alpha value is -7.64. The van der Waals surface area contributed by atoms with E-state index in [0.29, 0.717) is 35.1 Å². The van der Waals surface area contributed by atoms with Gasteiger partial charge in [0.25, 0.3) is 0 Å². The molecule has 2 amide bonds. The van der Waals surface area contributed by atoms with E-state index in [1.54, 1.807) is 114 Å². The van der Waals surface area contributed by atoms with Gasteiger partial charge in [0.2, 0.25) is 0 Å². The predicted octanol–water partition coefficient (Wildman–Crippen LogP) is 11.1. The molecule has 4 saturated carbocycles. The molecule has 10 aliphatic rings. The predicted molar refractivity (Wildman–Crippen MR) is 427 cm³/mol. The van der Waals surface area contributed by atoms with Crippen LogP contribution in [-0.4, -0.2) is 213 Å². The van der Waals surface area contributed by atoms with Gasteiger partial charge in [-0.15, -0.1) is 0 Å². The highest BCUT2D eigenvalue weighted by atomic mass is 16.7. The summed E-state index contributed by atoms with van der Waals surface area (Å²) < 4.78 is 88.3. The molecule has 118 heavy (non-hydrogen) atoms. The van der Waals surface area contributed by atoms with Gasteiger partial charge in [0.1, 0.15) is 59.0 Å². The van der Waals surface area contributed by atoms with E-state index in [2.05, 4.69) is 23.8 Å². The van der Waals surface area contributed by atoms with Crippen molar-refractivity contribution in [1.82, 2.24) is 10.6 Å². The Kier molecular flexibility index (Phi) is 25.7. The van der Waals surface area contributed by atoms with Gasteiger partial charge in [-0.3, -0.25) is 9.59 Å². The fourth-order valence-corrected chi connectivity index (χ4v) is 22.0. The summed E-state index contributed by atoms with van der Waals surface area (Å²) in [5, 5.41) is 56.0. The van der Waals surface area contributed by atoms with Gasteiger partial charge < -0.3 is 97.4 Å². The Labute approximate surface area is 692 Å². The van der Waals surface area contributed by atoms with Gasteiger partial charge >= 0.3 is 48.0 Å². The van der Waals surface area contributed by atoms with Gasteiger partial charge in [0.15, 0.2) is 36.0 Å². The number of hydrogen-bond donors (Lipinski definition) is 6. The molecule has 4 aliphatic heterocycles. The number of rotatable bonds is 20. The minimum Gasteiger partial charge on any atom is -0.456 e. The van der Waals surface area contributed by atoms with E-state index in [1.165, 1.54) is 13.8 Å². The molecule has 6 N–H and O–H groups in total. The van der Waals surface area contributed by atoms with E-state index in [9.17, 15) is 58.8 Å². The van der Waals surface area contributed by atoms with E-state index in [1.807, 2.05) is 96.9 Å². The van der Waals surface area contributed by atoms with E-state index in [0.717, 1.165) is 0 Å². The second-order valence-electron chi connectivity index (χ2n) is 38.6. The van der Waals surface area contributed by atoms with Crippen LogP contribution >= 0.6 is 0 Å². The zero-order valence-electron chi connectivity index (χ0n) is 72.5. The Morgan fingerprint density at radius 3 is 1.14 bits per heavy atom. The van der Waals surface area contributed by atoms with E-state index < -0.39 is 225 Å². The van der Waals surface area contributed by atoms with Crippen molar-refractivity contribution in [3.05, 3.63) is 119 Å². The van der Waals surface area contributed by atoms with Crippen LogP contribution < -0.4 is 10.6 Å². The topological polar surface area (TPSA) is 371 Å². The third-order valence-corrected chi connectivity index (χ3v) is 27.0. The normalized spacial score (nSPS) is 36.8. The molecule has 12 rings (SSSR count). The lowest BCUT2D eigenvalue weighted by Gasteiger charge is -2.71. The van der Waals surface area contributed by atoms with Crippen molar-refractivity contribution in [2.75, 3.05) is 13.2 Å². The number of nitrogens with one attached hydrogen (secondary N) is 2. The highest BCUT2D eigenvalue weighted by molar-refractivity contribution is 5.90. The number of alkyl carbamates (subject to hydrolysis) is 2. The standard InChI is InChI=1S/2C45H63NO13/c2*1-13-32-55-30-20-31-44(22-53-31,58-26(6)47)35-37(57-38(49)27-17-15-14-16-18-27)45(52)21-29(24(4)33(42(45,10)11)25(5)36(56-32)43(30,35)12)54-39(50)34(48)28(19-23(2)3)46-40(51)59-41(7,8)9/h2*13-18,23,25,28-32,34-37,48,52H,1,19-22H2,2-12H3,(H,46,51)/t25?,28-,29-,30-,31+,32+,34+,35?,36-,37-,43+,44-,45+;25?,28-,29-,30-,31+,32-,34?,35?,36-,37-,43+,44-,45+/m00/s1. The number of aliphatic hydroxyl groups is 4. The fraction of sp³-hybridized carbons (Fsp3) is 0.689. The third kappa shape index (κ3) is 16.4. The number of ether oxygens (including phenoxy) is 14. The lowest BCUT2D eigenvalue weighted by atomic mass is 9.43. The molecule has 4 bridgehead atoms. The SMILES string of the molecule is C=C[C@@H]1O[C@H]2C[C@H]3OC[C@@]3(OC(C)=O)C3[C@H](OC(=O)c4ccccc4)[C@]4(O)C[C@H](OC(=O)[C@H](O)[C@H](CC(C)C)NC(=O)OC(C)(C)C)C(C)=C(C(C)[C@H](O1)[C@@]32C)C4(C)C.C=C[C@H]1O[C@H]2C[C@H]3OC[C@@]3(OC(C)=O)C3[C@H](OC(=O)c4ccccc4)[C@]4(O)C[C@H](OC(=O)C(O)[C@H](CC(C)C)NC(=O)OC(C)(C)C)C(C)=C(C(C)[C@H](O1)[C@@]32C)C4(C)C. The molecule has 0 spiro atoms. The maximum absolute atomic E-state index is 14.4. The first-order valence-electron chi connectivity index (χ1n) is 41.5. The molecule has 652 valence electrons. The van der Waals surface area contributed by atoms with Crippen LogP contribution in [0.15, 0.2) is 108 Å². The number of benzene rings is 2. The van der Waals surface area contributed by atoms with Crippen molar-refractivity contribution in [1.29, 1.82) is 0 Å². The first kappa shape index (κ1) is 91.1. The Morgan fingerprint density at radius 2 is 0.856 bits per heavy atom. The van der Waals surface area contributed by atoms with Crippen LogP contribution in [0.1, 0.15) is 212 Å². The molecule has 2 aromatic carbocycles. The monoisotopic (exact) mass is 1650 g/mol. The highest BCUT2D eigenvalue weighted by Crippen LogP contribution is 2.71. The van der Waals surface area contributed by atoms with Crippen molar-refractivity contribution >= 4 is 48.0 Å². The van der Waals surface area contributed by atoms with Gasteiger partial charge in [-0.25, -0.2) is 28.8 Å². The number of carbonyl (C=O) groups is 8. The second-order valence-corrected chi connectivity index (χ2v) is 38.6. The van der Waals surface area contributed by atoms with Gasteiger partial charge in [-0.05, 0) is 128 Å². The van der Waals surface area contributed by atoms with Crippen LogP contribution in [0.25, 0.3) is 0 Å². The second kappa shape index (κ2) is 33.3. The van der Waals surface area contributed by atoms with Crippen LogP contribution in [0.3, 0.4) is 0 Å². The van der Waals surface area contributed by atoms with Crippen molar-refractivity contribution in [3.8, 4) is 0 Å². The van der Waals surface area contributed by atoms with E-state index in [-0.39, 0.29) is 61.9 Å². The molecule has 26 atom stereocenters. The quantitative estimate of drug-likeness (QED) is 0.0407. The third-order valence-electron chi connectivity index (χ3n) is 27.0. The zero-order chi connectivity index (χ0) is 87.2. The first-order valence-corrected chi connectivity index (χ1v) is 41.5. The van der Waals surface area contributed by atoms with Gasteiger partial charge in [-0.2, -0.15) is 0 Å². The van der Waals surface area contributed by atoms with E-state index in [4.69, 9.17) is 66.3 Å². The molecular formula is C90H126N2O26. The Bertz CT molecular complexity index is 3940. The summed E-state index contributed by atoms with van der Waals surface area (Å²) in [7, 11) is 0. The molecule has 4 heterocycles. The number of fused-ring (bicyclic) bond motifs is 8. The van der Waals surface area contributed by atoms with Crippen LogP contribution in [0, 0.1) is 57.2 Å². The number of hydrogen-bond acceptors (Lipinski definition) is 26. The summed E-state index contributed by atoms with van der Waals surface area (Å²) >= 11 is 0. The maximum Gasteiger partial charge on any atom is 0.407 e. The number of carbonyl (C=O) groups excluding carboxylic acids is 8. The summed E-state index contributed by atoms with van der Waals surface area (Å²) in [5.74, 6) is -7.71. The maximum atomic E-state index is 14.4. The molecular weight excluding hydrogens is 1520 g/mol. The number of esters is 6. The fourth-order valence-electron chi connectivity index (χ4n) is 22.0. The molecule has 0 aromatic heterocycles. The lowest BCUT2D eigenvalue weighted by Crippen LogP contribution is -2.83. The molecule has 28 nitrogen and oxygen atoms in total. The highest BCUT2D eigenvalue weighted by Gasteiger charge is 2.81. The summed E-state index contributed by atoms with van der Waals surface area (Å²) in [6.07, 6.45) is -12.4. The molecule has 6 aliphatic carbocycles. The molecule has 2 aromatic rings. The van der Waals surface area contributed by atoms with Crippen LogP contribution in [-0.2, 0) is 85.5 Å². The lowest BCUT2D eigenvalue weighted by molar-refractivity contribution is -0.403. The van der Waals surface area contributed by atoms with Crippen LogP contribution in [0.4, 0.5) is 9.59 Å². The minimum atomic E-state index is -2.02. The minimum absolute atomic E-state index is 0.0405. The molecule has 0 radical (unpaired) electrons. The van der Waals surface area contributed by atoms with E-state index >= 15 is 0 Å². The first-order chi connectivity index (χ1) is 54.8. The van der Waals surface area contributed by atoms with Gasteiger partial charge in [0, 0.05) is 73.0 Å². The van der Waals surface area contributed by atoms with Crippen molar-refractivity contribution < 1.29 is 125 Å². The number of amides is 2. The van der Waals surface area contributed by atoms with Gasteiger partial charge in [0.05, 0.1) is 72.7 Å². The number of aliphatic hydroxyl groups excluding tert-OH is 2. The summed E-state index contributed by atoms with van der Waals surface area (Å²) in [6, 6.07) is 14.6. The molecule has 8 fully saturated rings. The molecule has 5 unspecified atom stereocenters. The summed E-state index contributed by atoms with van der Waals surface area (Å²) in [4.78, 5) is 109. The Balaban J connectivity index is 0.000000231.